The molecule has 6 nitrogen and oxygen atoms in total. The number of hydrogen-bond acceptors (Lipinski definition) is 3. The molecular weight excluding hydrogens is 342 g/mol. The highest BCUT2D eigenvalue weighted by Gasteiger charge is 2.13. The summed E-state index contributed by atoms with van der Waals surface area (Å²) in [6, 6.07) is 13.4. The van der Waals surface area contributed by atoms with E-state index in [1.54, 1.807) is 6.20 Å². The van der Waals surface area contributed by atoms with Crippen molar-refractivity contribution in [3.05, 3.63) is 65.4 Å². The Morgan fingerprint density at radius 1 is 1.11 bits per heavy atom. The molecule has 1 aromatic heterocycles. The van der Waals surface area contributed by atoms with Gasteiger partial charge in [0.25, 0.3) is 11.8 Å². The van der Waals surface area contributed by atoms with Crippen LogP contribution in [-0.4, -0.2) is 23.4 Å². The molecule has 0 aliphatic rings. The number of aromatic nitrogens is 1. The molecule has 0 radical (unpaired) electrons. The fourth-order valence-electron chi connectivity index (χ4n) is 2.76. The molecule has 27 heavy (non-hydrogen) atoms. The molecule has 0 saturated heterocycles. The van der Waals surface area contributed by atoms with Crippen LogP contribution in [0.1, 0.15) is 41.3 Å². The minimum absolute atomic E-state index is 0.184. The van der Waals surface area contributed by atoms with E-state index in [9.17, 15) is 9.59 Å². The predicted octanol–water partition coefficient (Wildman–Crippen LogP) is 3.44. The molecule has 2 amide bonds. The van der Waals surface area contributed by atoms with Gasteiger partial charge in [-0.3, -0.25) is 20.4 Å². The Labute approximate surface area is 157 Å². The van der Waals surface area contributed by atoms with Gasteiger partial charge < -0.3 is 9.72 Å². The molecule has 6 heteroatoms. The number of carbonyl (C=O) groups excluding carboxylic acids is 2. The summed E-state index contributed by atoms with van der Waals surface area (Å²) in [5.74, 6) is 0.216. The lowest BCUT2D eigenvalue weighted by Gasteiger charge is -2.13. The Morgan fingerprint density at radius 3 is 2.67 bits per heavy atom. The normalized spacial score (nSPS) is 10.8. The van der Waals surface area contributed by atoms with E-state index in [0.29, 0.717) is 17.2 Å². The molecule has 0 atom stereocenters. The maximum atomic E-state index is 12.3. The molecule has 140 valence electrons. The van der Waals surface area contributed by atoms with Crippen molar-refractivity contribution >= 4 is 22.7 Å². The van der Waals surface area contributed by atoms with Crippen molar-refractivity contribution in [1.82, 2.24) is 15.8 Å². The van der Waals surface area contributed by atoms with Gasteiger partial charge in [-0.25, -0.2) is 0 Å². The first-order valence-corrected chi connectivity index (χ1v) is 8.84. The topological polar surface area (TPSA) is 83.2 Å². The van der Waals surface area contributed by atoms with Crippen molar-refractivity contribution in [3.8, 4) is 5.75 Å². The zero-order chi connectivity index (χ0) is 19.4. The highest BCUT2D eigenvalue weighted by Crippen LogP contribution is 2.24. The lowest BCUT2D eigenvalue weighted by molar-refractivity contribution is -0.123. The van der Waals surface area contributed by atoms with Crippen LogP contribution in [0.3, 0.4) is 0 Å². The van der Waals surface area contributed by atoms with Gasteiger partial charge in [-0.2, -0.15) is 0 Å². The predicted molar refractivity (Wildman–Crippen MR) is 105 cm³/mol. The average molecular weight is 365 g/mol. The summed E-state index contributed by atoms with van der Waals surface area (Å²) in [4.78, 5) is 27.3. The van der Waals surface area contributed by atoms with Gasteiger partial charge in [0.2, 0.25) is 0 Å². The summed E-state index contributed by atoms with van der Waals surface area (Å²) in [6.07, 6.45) is 1.61. The number of hydrogen-bond donors (Lipinski definition) is 3. The van der Waals surface area contributed by atoms with Crippen LogP contribution < -0.4 is 15.6 Å². The number of nitrogens with one attached hydrogen (secondary N) is 3. The molecule has 3 rings (SSSR count). The molecule has 0 unspecified atom stereocenters. The minimum atomic E-state index is -0.433. The molecule has 0 fully saturated rings. The largest absolute Gasteiger partial charge is 0.483 e. The van der Waals surface area contributed by atoms with Crippen molar-refractivity contribution in [2.24, 2.45) is 0 Å². The summed E-state index contributed by atoms with van der Waals surface area (Å²) < 4.78 is 5.61. The number of rotatable bonds is 5. The second-order valence-corrected chi connectivity index (χ2v) is 6.72. The van der Waals surface area contributed by atoms with E-state index in [0.717, 1.165) is 22.0 Å². The van der Waals surface area contributed by atoms with Crippen LogP contribution in [0.5, 0.6) is 5.75 Å². The molecule has 0 bridgehead atoms. The van der Waals surface area contributed by atoms with Gasteiger partial charge >= 0.3 is 0 Å². The van der Waals surface area contributed by atoms with Gasteiger partial charge in [-0.1, -0.05) is 44.2 Å². The number of aryl methyl sites for hydroxylation is 1. The van der Waals surface area contributed by atoms with Gasteiger partial charge in [-0.05, 0) is 36.1 Å². The quantitative estimate of drug-likeness (QED) is 0.606. The Hall–Kier alpha value is -3.28. The lowest BCUT2D eigenvalue weighted by atomic mass is 10.0. The molecule has 1 heterocycles. The average Bonchev–Trinajstić information content (AvgIpc) is 3.09. The molecular formula is C21H23N3O3. The Morgan fingerprint density at radius 2 is 1.89 bits per heavy atom. The van der Waals surface area contributed by atoms with E-state index < -0.39 is 11.8 Å². The van der Waals surface area contributed by atoms with Crippen LogP contribution in [0.15, 0.2) is 48.7 Å². The van der Waals surface area contributed by atoms with E-state index in [2.05, 4.69) is 29.7 Å². The van der Waals surface area contributed by atoms with Gasteiger partial charge in [0.1, 0.15) is 5.75 Å². The molecule has 0 aliphatic carbocycles. The van der Waals surface area contributed by atoms with E-state index >= 15 is 0 Å². The van der Waals surface area contributed by atoms with Crippen LogP contribution in [-0.2, 0) is 4.79 Å². The highest BCUT2D eigenvalue weighted by atomic mass is 16.5. The summed E-state index contributed by atoms with van der Waals surface area (Å²) in [5.41, 5.74) is 8.22. The number of fused-ring (bicyclic) bond motifs is 1. The molecule has 3 N–H and O–H groups in total. The standard InChI is InChI=1S/C21H23N3O3/c1-13(2)15-9-8-14(3)19(10-15)27-12-20(25)23-24-21(26)17-11-22-18-7-5-4-6-16(17)18/h4-11,13,22H,12H2,1-3H3,(H,23,25)(H,24,26). The van der Waals surface area contributed by atoms with Gasteiger partial charge in [-0.15, -0.1) is 0 Å². The van der Waals surface area contributed by atoms with Gasteiger partial charge in [0.15, 0.2) is 6.61 Å². The number of carbonyl (C=O) groups is 2. The first-order valence-electron chi connectivity index (χ1n) is 8.84. The van der Waals surface area contributed by atoms with Crippen molar-refractivity contribution in [1.29, 1.82) is 0 Å². The number of ether oxygens (including phenoxy) is 1. The monoisotopic (exact) mass is 365 g/mol. The molecule has 0 saturated carbocycles. The van der Waals surface area contributed by atoms with E-state index in [1.165, 1.54) is 0 Å². The Bertz CT molecular complexity index is 976. The van der Waals surface area contributed by atoms with Crippen molar-refractivity contribution in [3.63, 3.8) is 0 Å². The van der Waals surface area contributed by atoms with E-state index in [1.807, 2.05) is 49.4 Å². The molecule has 3 aromatic rings. The first-order chi connectivity index (χ1) is 13.0. The van der Waals surface area contributed by atoms with E-state index in [-0.39, 0.29) is 6.61 Å². The fraction of sp³-hybridized carbons (Fsp3) is 0.238. The van der Waals surface area contributed by atoms with Crippen LogP contribution in [0, 0.1) is 6.92 Å². The van der Waals surface area contributed by atoms with E-state index in [4.69, 9.17) is 4.74 Å². The Balaban J connectivity index is 1.56. The first kappa shape index (κ1) is 18.5. The number of H-pyrrole nitrogens is 1. The smallest absolute Gasteiger partial charge is 0.276 e. The van der Waals surface area contributed by atoms with Gasteiger partial charge in [0, 0.05) is 17.1 Å². The zero-order valence-corrected chi connectivity index (χ0v) is 15.6. The fourth-order valence-corrected chi connectivity index (χ4v) is 2.76. The third-order valence-corrected chi connectivity index (χ3v) is 4.39. The minimum Gasteiger partial charge on any atom is -0.483 e. The molecule has 2 aromatic carbocycles. The summed E-state index contributed by atoms with van der Waals surface area (Å²) in [5, 5.41) is 0.793. The summed E-state index contributed by atoms with van der Waals surface area (Å²) >= 11 is 0. The summed E-state index contributed by atoms with van der Waals surface area (Å²) in [7, 11) is 0. The maximum absolute atomic E-state index is 12.3. The SMILES string of the molecule is Cc1ccc(C(C)C)cc1OCC(=O)NNC(=O)c1c[nH]c2ccccc12. The molecule has 0 aliphatic heterocycles. The summed E-state index contributed by atoms with van der Waals surface area (Å²) in [6.45, 7) is 5.94. The second kappa shape index (κ2) is 7.95. The molecule has 0 spiro atoms. The Kier molecular flexibility index (Phi) is 5.45. The number of amides is 2. The zero-order valence-electron chi connectivity index (χ0n) is 15.6. The van der Waals surface area contributed by atoms with Gasteiger partial charge in [0.05, 0.1) is 5.56 Å². The van der Waals surface area contributed by atoms with Crippen molar-refractivity contribution in [2.45, 2.75) is 26.7 Å². The highest BCUT2D eigenvalue weighted by molar-refractivity contribution is 6.07. The van der Waals surface area contributed by atoms with Crippen LogP contribution in [0.25, 0.3) is 10.9 Å². The van der Waals surface area contributed by atoms with Crippen LogP contribution in [0.2, 0.25) is 0 Å². The second-order valence-electron chi connectivity index (χ2n) is 6.72. The van der Waals surface area contributed by atoms with Crippen LogP contribution in [0.4, 0.5) is 0 Å². The number of hydrazine groups is 1. The third-order valence-electron chi connectivity index (χ3n) is 4.39. The third kappa shape index (κ3) is 4.28. The number of benzene rings is 2. The van der Waals surface area contributed by atoms with Crippen molar-refractivity contribution < 1.29 is 14.3 Å². The van der Waals surface area contributed by atoms with Crippen molar-refractivity contribution in [2.75, 3.05) is 6.61 Å². The maximum Gasteiger partial charge on any atom is 0.276 e. The van der Waals surface area contributed by atoms with Crippen LogP contribution >= 0.6 is 0 Å². The number of para-hydroxylation sites is 1. The number of aromatic amines is 1. The lowest BCUT2D eigenvalue weighted by Crippen LogP contribution is -2.43.